The number of ether oxygens (including phenoxy) is 2. The Kier molecular flexibility index (Phi) is 4.91. The van der Waals surface area contributed by atoms with E-state index in [0.717, 1.165) is 0 Å². The Balaban J connectivity index is 2.88. The van der Waals surface area contributed by atoms with E-state index in [2.05, 4.69) is 4.74 Å². The van der Waals surface area contributed by atoms with Crippen molar-refractivity contribution < 1.29 is 22.7 Å². The van der Waals surface area contributed by atoms with E-state index in [-0.39, 0.29) is 24.8 Å². The van der Waals surface area contributed by atoms with E-state index in [1.165, 1.54) is 11.4 Å². The highest BCUT2D eigenvalue weighted by Crippen LogP contribution is 2.16. The Hall–Kier alpha value is -0.660. The van der Waals surface area contributed by atoms with Gasteiger partial charge in [-0.3, -0.25) is 4.79 Å². The van der Waals surface area contributed by atoms with Crippen molar-refractivity contribution in [2.45, 2.75) is 19.9 Å². The summed E-state index contributed by atoms with van der Waals surface area (Å²) in [6, 6.07) is -0.850. The minimum atomic E-state index is -3.43. The molecule has 1 rings (SSSR count). The average molecular weight is 265 g/mol. The van der Waals surface area contributed by atoms with Crippen molar-refractivity contribution in [1.29, 1.82) is 0 Å². The predicted molar refractivity (Wildman–Crippen MR) is 62.0 cm³/mol. The van der Waals surface area contributed by atoms with Crippen molar-refractivity contribution in [1.82, 2.24) is 4.31 Å². The molecule has 1 aliphatic heterocycles. The minimum absolute atomic E-state index is 0.0149. The van der Waals surface area contributed by atoms with Crippen LogP contribution >= 0.6 is 0 Å². The molecule has 0 bridgehead atoms. The molecule has 0 radical (unpaired) electrons. The van der Waals surface area contributed by atoms with Crippen molar-refractivity contribution in [3.63, 3.8) is 0 Å². The van der Waals surface area contributed by atoms with Gasteiger partial charge < -0.3 is 9.47 Å². The minimum Gasteiger partial charge on any atom is -0.468 e. The molecule has 1 aliphatic rings. The summed E-state index contributed by atoms with van der Waals surface area (Å²) in [5.74, 6) is -0.529. The van der Waals surface area contributed by atoms with Crippen molar-refractivity contribution in [3.05, 3.63) is 0 Å². The number of hydrogen-bond donors (Lipinski definition) is 0. The molecule has 0 aliphatic carbocycles. The fraction of sp³-hybridized carbons (Fsp3) is 0.900. The summed E-state index contributed by atoms with van der Waals surface area (Å²) in [6.45, 7) is 4.22. The van der Waals surface area contributed by atoms with Crippen LogP contribution in [0.5, 0.6) is 0 Å². The van der Waals surface area contributed by atoms with Gasteiger partial charge in [0.25, 0.3) is 0 Å². The molecule has 100 valence electrons. The van der Waals surface area contributed by atoms with Crippen molar-refractivity contribution in [2.24, 2.45) is 5.92 Å². The number of rotatable bonds is 4. The first kappa shape index (κ1) is 14.4. The van der Waals surface area contributed by atoms with Crippen LogP contribution in [-0.4, -0.2) is 57.4 Å². The maximum Gasteiger partial charge on any atom is 0.326 e. The first-order chi connectivity index (χ1) is 7.88. The highest BCUT2D eigenvalue weighted by atomic mass is 32.2. The second-order valence-corrected chi connectivity index (χ2v) is 6.36. The predicted octanol–water partition coefficient (Wildman–Crippen LogP) is -0.154. The van der Waals surface area contributed by atoms with Gasteiger partial charge in [0, 0.05) is 6.54 Å². The van der Waals surface area contributed by atoms with E-state index in [1.54, 1.807) is 0 Å². The number of nitrogens with zero attached hydrogens (tertiary/aromatic N) is 1. The normalized spacial score (nSPS) is 22.7. The van der Waals surface area contributed by atoms with Crippen LogP contribution in [0.25, 0.3) is 0 Å². The molecular weight excluding hydrogens is 246 g/mol. The van der Waals surface area contributed by atoms with Gasteiger partial charge in [0.05, 0.1) is 26.1 Å². The Bertz CT molecular complexity index is 365. The van der Waals surface area contributed by atoms with Crippen LogP contribution in [0.3, 0.4) is 0 Å². The molecule has 1 fully saturated rings. The van der Waals surface area contributed by atoms with Gasteiger partial charge in [-0.05, 0) is 5.92 Å². The van der Waals surface area contributed by atoms with Gasteiger partial charge in [0.15, 0.2) is 0 Å². The summed E-state index contributed by atoms with van der Waals surface area (Å²) < 4.78 is 35.1. The van der Waals surface area contributed by atoms with Crippen molar-refractivity contribution >= 4 is 16.0 Å². The smallest absolute Gasteiger partial charge is 0.326 e. The van der Waals surface area contributed by atoms with Gasteiger partial charge in [-0.1, -0.05) is 13.8 Å². The van der Waals surface area contributed by atoms with Crippen LogP contribution in [0.1, 0.15) is 13.8 Å². The number of carbonyl (C=O) groups excluding carboxylic acids is 1. The summed E-state index contributed by atoms with van der Waals surface area (Å²) in [4.78, 5) is 11.5. The van der Waals surface area contributed by atoms with Crippen LogP contribution < -0.4 is 0 Å². The molecule has 1 atom stereocenters. The van der Waals surface area contributed by atoms with Crippen molar-refractivity contribution in [2.75, 3.05) is 32.6 Å². The summed E-state index contributed by atoms with van der Waals surface area (Å²) in [7, 11) is -2.19. The summed E-state index contributed by atoms with van der Waals surface area (Å²) in [5.41, 5.74) is 0. The van der Waals surface area contributed by atoms with E-state index >= 15 is 0 Å². The number of morpholine rings is 1. The molecule has 0 aromatic rings. The summed E-state index contributed by atoms with van der Waals surface area (Å²) >= 11 is 0. The second-order valence-electron chi connectivity index (χ2n) is 4.40. The molecule has 6 nitrogen and oxygen atoms in total. The quantitative estimate of drug-likeness (QED) is 0.661. The molecule has 1 heterocycles. The molecule has 0 aromatic carbocycles. The lowest BCUT2D eigenvalue weighted by Gasteiger charge is -2.33. The van der Waals surface area contributed by atoms with E-state index in [9.17, 15) is 13.2 Å². The van der Waals surface area contributed by atoms with Crippen LogP contribution in [0.4, 0.5) is 0 Å². The molecule has 0 spiro atoms. The standard InChI is InChI=1S/C10H19NO5S/c1-8(2)7-17(13,14)11-4-5-16-6-9(11)10(12)15-3/h8-9H,4-7H2,1-3H3. The molecule has 0 aromatic heterocycles. The van der Waals surface area contributed by atoms with E-state index in [0.29, 0.717) is 6.61 Å². The first-order valence-corrected chi connectivity index (χ1v) is 7.14. The zero-order valence-corrected chi connectivity index (χ0v) is 11.2. The van der Waals surface area contributed by atoms with Gasteiger partial charge in [-0.25, -0.2) is 8.42 Å². The monoisotopic (exact) mass is 265 g/mol. The van der Waals surface area contributed by atoms with Gasteiger partial charge in [-0.15, -0.1) is 0 Å². The molecule has 0 N–H and O–H groups in total. The Morgan fingerprint density at radius 1 is 1.53 bits per heavy atom. The maximum absolute atomic E-state index is 12.1. The van der Waals surface area contributed by atoms with Crippen LogP contribution in [0.2, 0.25) is 0 Å². The largest absolute Gasteiger partial charge is 0.468 e. The van der Waals surface area contributed by atoms with Gasteiger partial charge in [-0.2, -0.15) is 4.31 Å². The third-order valence-electron chi connectivity index (χ3n) is 2.45. The fourth-order valence-corrected chi connectivity index (χ4v) is 3.68. The third kappa shape index (κ3) is 3.65. The highest BCUT2D eigenvalue weighted by molar-refractivity contribution is 7.89. The lowest BCUT2D eigenvalue weighted by atomic mass is 10.3. The maximum atomic E-state index is 12.1. The number of sulfonamides is 1. The molecule has 0 saturated carbocycles. The van der Waals surface area contributed by atoms with E-state index in [4.69, 9.17) is 4.74 Å². The van der Waals surface area contributed by atoms with E-state index < -0.39 is 22.0 Å². The summed E-state index contributed by atoms with van der Waals surface area (Å²) in [6.07, 6.45) is 0. The highest BCUT2D eigenvalue weighted by Gasteiger charge is 2.38. The van der Waals surface area contributed by atoms with Gasteiger partial charge in [0.2, 0.25) is 10.0 Å². The number of carbonyl (C=O) groups is 1. The third-order valence-corrected chi connectivity index (χ3v) is 4.69. The molecule has 1 saturated heterocycles. The van der Waals surface area contributed by atoms with Gasteiger partial charge >= 0.3 is 5.97 Å². The Morgan fingerprint density at radius 3 is 2.71 bits per heavy atom. The molecule has 0 amide bonds. The molecule has 17 heavy (non-hydrogen) atoms. The molecular formula is C10H19NO5S. The van der Waals surface area contributed by atoms with Crippen LogP contribution in [0.15, 0.2) is 0 Å². The zero-order valence-electron chi connectivity index (χ0n) is 10.4. The lowest BCUT2D eigenvalue weighted by Crippen LogP contribution is -2.53. The van der Waals surface area contributed by atoms with Crippen LogP contribution in [-0.2, 0) is 24.3 Å². The van der Waals surface area contributed by atoms with Gasteiger partial charge in [0.1, 0.15) is 6.04 Å². The number of methoxy groups -OCH3 is 1. The van der Waals surface area contributed by atoms with Crippen molar-refractivity contribution in [3.8, 4) is 0 Å². The second kappa shape index (κ2) is 5.79. The fourth-order valence-electron chi connectivity index (χ4n) is 1.76. The van der Waals surface area contributed by atoms with Crippen LogP contribution in [0, 0.1) is 5.92 Å². The Morgan fingerprint density at radius 2 is 2.18 bits per heavy atom. The topological polar surface area (TPSA) is 72.9 Å². The van der Waals surface area contributed by atoms with E-state index in [1.807, 2.05) is 13.8 Å². The zero-order chi connectivity index (χ0) is 13.1. The lowest BCUT2D eigenvalue weighted by molar-refractivity contribution is -0.149. The first-order valence-electron chi connectivity index (χ1n) is 5.53. The number of esters is 1. The Labute approximate surface area is 102 Å². The molecule has 7 heteroatoms. The average Bonchev–Trinajstić information content (AvgIpc) is 2.26. The SMILES string of the molecule is COC(=O)C1COCCN1S(=O)(=O)CC(C)C. The summed E-state index contributed by atoms with van der Waals surface area (Å²) in [5, 5.41) is 0. The molecule has 1 unspecified atom stereocenters. The number of hydrogen-bond acceptors (Lipinski definition) is 5.